The fourth-order valence-corrected chi connectivity index (χ4v) is 7.37. The molecule has 7 rings (SSSR count). The molecule has 2 aromatic carbocycles. The summed E-state index contributed by atoms with van der Waals surface area (Å²) in [5.41, 5.74) is 2.03. The van der Waals surface area contributed by atoms with Gasteiger partial charge in [-0.25, -0.2) is 4.90 Å². The van der Waals surface area contributed by atoms with E-state index in [1.807, 2.05) is 19.1 Å². The van der Waals surface area contributed by atoms with Crippen LogP contribution in [0.3, 0.4) is 0 Å². The van der Waals surface area contributed by atoms with Crippen molar-refractivity contribution in [2.45, 2.75) is 6.92 Å². The van der Waals surface area contributed by atoms with Crippen LogP contribution in [0.2, 0.25) is 20.1 Å². The summed E-state index contributed by atoms with van der Waals surface area (Å²) in [6.07, 6.45) is 3.62. The fourth-order valence-electron chi connectivity index (χ4n) is 6.38. The number of nitrogens with zero attached hydrogens (tertiary/aromatic N) is 2. The molecule has 10 heteroatoms. The maximum atomic E-state index is 13.7. The normalized spacial score (nSPS) is 30.5. The Kier molecular flexibility index (Phi) is 5.37. The van der Waals surface area contributed by atoms with Crippen LogP contribution in [0.1, 0.15) is 5.56 Å². The van der Waals surface area contributed by atoms with Gasteiger partial charge in [-0.15, -0.1) is 0 Å². The minimum absolute atomic E-state index is 0.134. The molecule has 0 spiro atoms. The van der Waals surface area contributed by atoms with Crippen LogP contribution in [0.25, 0.3) is 11.1 Å². The third-order valence-electron chi connectivity index (χ3n) is 8.05. The molecule has 2 saturated heterocycles. The summed E-state index contributed by atoms with van der Waals surface area (Å²) >= 11 is 25.9. The fraction of sp³-hybridized carbons (Fsp3) is 0.308. The zero-order valence-corrected chi connectivity index (χ0v) is 22.0. The van der Waals surface area contributed by atoms with Crippen molar-refractivity contribution in [2.75, 3.05) is 11.9 Å². The van der Waals surface area contributed by atoms with Crippen LogP contribution >= 0.6 is 46.4 Å². The lowest BCUT2D eigenvalue weighted by molar-refractivity contribution is -0.138. The van der Waals surface area contributed by atoms with Crippen molar-refractivity contribution in [1.82, 2.24) is 4.90 Å². The Balaban J connectivity index is 1.41. The summed E-state index contributed by atoms with van der Waals surface area (Å²) in [7, 11) is 1.45. The van der Waals surface area contributed by atoms with Crippen LogP contribution in [0.15, 0.2) is 36.4 Å². The molecule has 4 amide bonds. The second kappa shape index (κ2) is 8.06. The van der Waals surface area contributed by atoms with Crippen LogP contribution in [0.4, 0.5) is 5.69 Å². The average Bonchev–Trinajstić information content (AvgIpc) is 3.25. The smallest absolute Gasteiger partial charge is 0.238 e. The van der Waals surface area contributed by atoms with Gasteiger partial charge in [-0.1, -0.05) is 58.6 Å². The van der Waals surface area contributed by atoms with Crippen LogP contribution in [0, 0.1) is 42.4 Å². The topological polar surface area (TPSA) is 74.8 Å². The molecule has 2 aliphatic heterocycles. The quantitative estimate of drug-likeness (QED) is 0.361. The number of carbonyl (C=O) groups excluding carboxylic acids is 4. The van der Waals surface area contributed by atoms with Gasteiger partial charge in [0.15, 0.2) is 0 Å². The molecule has 5 aliphatic rings. The molecule has 0 radical (unpaired) electrons. The lowest BCUT2D eigenvalue weighted by Crippen LogP contribution is -2.50. The van der Waals surface area contributed by atoms with Gasteiger partial charge in [-0.3, -0.25) is 24.1 Å². The molecular weight excluding hydrogens is 546 g/mol. The molecule has 6 atom stereocenters. The van der Waals surface area contributed by atoms with E-state index in [4.69, 9.17) is 46.4 Å². The van der Waals surface area contributed by atoms with Gasteiger partial charge in [0.05, 0.1) is 39.4 Å². The van der Waals surface area contributed by atoms with Gasteiger partial charge < -0.3 is 0 Å². The number of halogens is 4. The Bertz CT molecular complexity index is 1400. The number of allylic oxidation sites excluding steroid dienone is 2. The minimum Gasteiger partial charge on any atom is -0.285 e. The number of aryl methyl sites for hydroxylation is 1. The zero-order valence-electron chi connectivity index (χ0n) is 19.0. The van der Waals surface area contributed by atoms with Crippen molar-refractivity contribution in [2.24, 2.45) is 35.5 Å². The first-order valence-electron chi connectivity index (χ1n) is 11.4. The highest BCUT2D eigenvalue weighted by Crippen LogP contribution is 2.58. The van der Waals surface area contributed by atoms with Crippen LogP contribution in [-0.2, 0) is 19.2 Å². The van der Waals surface area contributed by atoms with E-state index in [0.29, 0.717) is 21.2 Å². The maximum Gasteiger partial charge on any atom is 0.238 e. The number of amides is 4. The number of carbonyl (C=O) groups is 4. The monoisotopic (exact) mass is 562 g/mol. The van der Waals surface area contributed by atoms with Crippen LogP contribution in [-0.4, -0.2) is 35.6 Å². The number of anilines is 1. The SMILES string of the molecule is Cc1cc(Cl)c(-c2cc(Cl)c(N3C(=O)C4C5C=CC(C6C(=O)N(C)C(=O)C56)C4C3=O)cc2Cl)cc1Cl. The summed E-state index contributed by atoms with van der Waals surface area (Å²) in [6.45, 7) is 1.83. The highest BCUT2D eigenvalue weighted by Gasteiger charge is 2.68. The molecule has 0 N–H and O–H groups in total. The number of rotatable bonds is 2. The molecule has 184 valence electrons. The highest BCUT2D eigenvalue weighted by atomic mass is 35.5. The van der Waals surface area contributed by atoms with Crippen molar-refractivity contribution in [3.63, 3.8) is 0 Å². The van der Waals surface area contributed by atoms with Crippen LogP contribution in [0.5, 0.6) is 0 Å². The molecule has 3 aliphatic carbocycles. The Morgan fingerprint density at radius 2 is 1.06 bits per heavy atom. The summed E-state index contributed by atoms with van der Waals surface area (Å²) in [6, 6.07) is 6.43. The first-order chi connectivity index (χ1) is 17.0. The number of hydrogen-bond donors (Lipinski definition) is 0. The van der Waals surface area contributed by atoms with Gasteiger partial charge >= 0.3 is 0 Å². The predicted octanol–water partition coefficient (Wildman–Crippen LogP) is 5.43. The van der Waals surface area contributed by atoms with E-state index in [9.17, 15) is 19.2 Å². The molecule has 2 heterocycles. The Hall–Kier alpha value is -2.38. The second-order valence-corrected chi connectivity index (χ2v) is 11.4. The first kappa shape index (κ1) is 24.0. The summed E-state index contributed by atoms with van der Waals surface area (Å²) in [5.74, 6) is -5.31. The lowest BCUT2D eigenvalue weighted by Gasteiger charge is -2.44. The van der Waals surface area contributed by atoms with E-state index < -0.39 is 47.3 Å². The van der Waals surface area contributed by atoms with Gasteiger partial charge in [-0.2, -0.15) is 0 Å². The number of benzene rings is 2. The zero-order chi connectivity index (χ0) is 25.8. The van der Waals surface area contributed by atoms with Crippen molar-refractivity contribution >= 4 is 75.7 Å². The maximum absolute atomic E-state index is 13.7. The van der Waals surface area contributed by atoms with Gasteiger partial charge in [0.25, 0.3) is 0 Å². The largest absolute Gasteiger partial charge is 0.285 e. The Morgan fingerprint density at radius 1 is 0.611 bits per heavy atom. The lowest BCUT2D eigenvalue weighted by atomic mass is 9.54. The molecule has 1 saturated carbocycles. The molecule has 2 bridgehead atoms. The van der Waals surface area contributed by atoms with E-state index in [1.54, 1.807) is 18.2 Å². The summed E-state index contributed by atoms with van der Waals surface area (Å²) in [5, 5.41) is 1.30. The Morgan fingerprint density at radius 3 is 1.58 bits per heavy atom. The standard InChI is InChI=1S/C26H18Cl4N2O4/c1-9-5-15(28)12(6-14(9)27)13-7-17(30)18(8-16(13)29)32-25(35)21-10-3-4-11(22(21)26(32)36)20-19(10)23(33)31(2)24(20)34/h3-8,10-11,19-22H,1-2H3. The molecular formula is C26H18Cl4N2O4. The van der Waals surface area contributed by atoms with Gasteiger partial charge in [0.2, 0.25) is 23.6 Å². The van der Waals surface area contributed by atoms with Crippen molar-refractivity contribution in [3.8, 4) is 11.1 Å². The van der Waals surface area contributed by atoms with Crippen molar-refractivity contribution in [1.29, 1.82) is 0 Å². The van der Waals surface area contributed by atoms with E-state index in [0.717, 1.165) is 15.4 Å². The number of imide groups is 2. The molecule has 36 heavy (non-hydrogen) atoms. The van der Waals surface area contributed by atoms with Crippen LogP contribution < -0.4 is 4.90 Å². The van der Waals surface area contributed by atoms with E-state index >= 15 is 0 Å². The van der Waals surface area contributed by atoms with E-state index in [-0.39, 0.29) is 27.5 Å². The molecule has 6 unspecified atom stereocenters. The van der Waals surface area contributed by atoms with E-state index in [1.165, 1.54) is 13.1 Å². The van der Waals surface area contributed by atoms with E-state index in [2.05, 4.69) is 0 Å². The third-order valence-corrected chi connectivity index (χ3v) is 9.38. The Labute approximate surface area is 226 Å². The van der Waals surface area contributed by atoms with Crippen molar-refractivity contribution < 1.29 is 19.2 Å². The predicted molar refractivity (Wildman–Crippen MR) is 137 cm³/mol. The average molecular weight is 564 g/mol. The molecule has 0 aromatic heterocycles. The minimum atomic E-state index is -0.739. The summed E-state index contributed by atoms with van der Waals surface area (Å²) in [4.78, 5) is 55.2. The molecule has 6 nitrogen and oxygen atoms in total. The second-order valence-electron chi connectivity index (χ2n) is 9.75. The molecule has 2 aromatic rings. The number of likely N-dealkylation sites (tertiary alicyclic amines) is 1. The summed E-state index contributed by atoms with van der Waals surface area (Å²) < 4.78 is 0. The van der Waals surface area contributed by atoms with Crippen molar-refractivity contribution in [3.05, 3.63) is 62.1 Å². The number of hydrogen-bond acceptors (Lipinski definition) is 4. The van der Waals surface area contributed by atoms with Gasteiger partial charge in [0.1, 0.15) is 0 Å². The van der Waals surface area contributed by atoms with Gasteiger partial charge in [0, 0.05) is 40.1 Å². The highest BCUT2D eigenvalue weighted by molar-refractivity contribution is 6.41. The van der Waals surface area contributed by atoms with Gasteiger partial charge in [-0.05, 0) is 36.8 Å². The first-order valence-corrected chi connectivity index (χ1v) is 12.9. The third kappa shape index (κ3) is 3.05. The molecule has 3 fully saturated rings.